The van der Waals surface area contributed by atoms with Crippen molar-refractivity contribution >= 4 is 12.3 Å². The average Bonchev–Trinajstić information content (AvgIpc) is 2.81. The summed E-state index contributed by atoms with van der Waals surface area (Å²) in [6.45, 7) is 4.78. The van der Waals surface area contributed by atoms with Crippen molar-refractivity contribution in [3.8, 4) is 5.75 Å². The Morgan fingerprint density at radius 2 is 1.82 bits per heavy atom. The van der Waals surface area contributed by atoms with Crippen LogP contribution in [0.25, 0.3) is 0 Å². The number of Topliss-reactive ketones (excluding diaryl/α,β-unsaturated/α-hetero) is 1. The van der Waals surface area contributed by atoms with Crippen molar-refractivity contribution in [2.45, 2.75) is 39.1 Å². The number of benzene rings is 1. The van der Waals surface area contributed by atoms with Crippen LogP contribution in [-0.2, 0) is 32.0 Å². The number of pyridine rings is 1. The molecule has 0 saturated heterocycles. The van der Waals surface area contributed by atoms with E-state index in [-0.39, 0.29) is 36.4 Å². The molecule has 0 amide bonds. The molecule has 0 aliphatic rings. The van der Waals surface area contributed by atoms with Crippen LogP contribution in [0.15, 0.2) is 35.4 Å². The minimum absolute atomic E-state index is 0.0236. The predicted octanol–water partition coefficient (Wildman–Crippen LogP) is 2.08. The van der Waals surface area contributed by atoms with Crippen molar-refractivity contribution in [2.75, 3.05) is 27.4 Å². The number of rotatable bonds is 12. The molecule has 1 aromatic heterocycles. The van der Waals surface area contributed by atoms with Crippen LogP contribution in [-0.4, -0.2) is 56.6 Å². The quantitative estimate of drug-likeness (QED) is 0.276. The second-order valence-corrected chi connectivity index (χ2v) is 6.86. The largest absolute Gasteiger partial charge is 0.488 e. The molecule has 2 aromatic rings. The molecular weight excluding hydrogens is 454 g/mol. The Hall–Kier alpha value is -3.15. The molecule has 0 bridgehead atoms. The molecule has 0 saturated carbocycles. The Labute approximate surface area is 196 Å². The van der Waals surface area contributed by atoms with Crippen molar-refractivity contribution in [1.82, 2.24) is 4.57 Å². The molecule has 1 aromatic carbocycles. The fraction of sp³-hybridized carbons (Fsp3) is 0.435. The van der Waals surface area contributed by atoms with Gasteiger partial charge in [-0.25, -0.2) is 8.78 Å². The highest BCUT2D eigenvalue weighted by Crippen LogP contribution is 2.14. The maximum atomic E-state index is 13.9. The van der Waals surface area contributed by atoms with Gasteiger partial charge in [-0.3, -0.25) is 14.4 Å². The van der Waals surface area contributed by atoms with E-state index >= 15 is 0 Å². The van der Waals surface area contributed by atoms with Gasteiger partial charge in [-0.2, -0.15) is 0 Å². The van der Waals surface area contributed by atoms with Gasteiger partial charge in [0.05, 0.1) is 37.6 Å². The first kappa shape index (κ1) is 28.9. The van der Waals surface area contributed by atoms with Gasteiger partial charge < -0.3 is 29.2 Å². The third-order valence-corrected chi connectivity index (χ3v) is 4.52. The highest BCUT2D eigenvalue weighted by atomic mass is 19.1. The Morgan fingerprint density at radius 1 is 1.15 bits per heavy atom. The second-order valence-electron chi connectivity index (χ2n) is 6.86. The van der Waals surface area contributed by atoms with Crippen LogP contribution in [0.1, 0.15) is 29.8 Å². The molecule has 2 N–H and O–H groups in total. The van der Waals surface area contributed by atoms with Crippen LogP contribution in [0.4, 0.5) is 8.78 Å². The molecule has 34 heavy (non-hydrogen) atoms. The number of hydrogen-bond acceptors (Lipinski definition) is 8. The Kier molecular flexibility index (Phi) is 12.6. The SMILES string of the molecule is CCOC=O.CCOc1cn(CC(OC)OC)cc(C(=O)C(N)Cc2ccc(F)cc2F)c1=O. The second kappa shape index (κ2) is 14.9. The van der Waals surface area contributed by atoms with E-state index in [2.05, 4.69) is 4.74 Å². The topological polar surface area (TPSA) is 119 Å². The standard InChI is InChI=1S/C20H24F2N2O5.C3H6O2/c1-4-29-17-10-24(11-18(27-2)28-3)9-14(20(17)26)19(25)16(23)7-12-5-6-13(21)8-15(12)22;1-2-5-3-4/h5-6,8-10,16,18H,4,7,11,23H2,1-3H3;3H,2H2,1H3. The zero-order valence-electron chi connectivity index (χ0n) is 19.6. The maximum absolute atomic E-state index is 13.9. The van der Waals surface area contributed by atoms with Crippen LogP contribution in [0.2, 0.25) is 0 Å². The van der Waals surface area contributed by atoms with E-state index in [0.29, 0.717) is 19.1 Å². The fourth-order valence-electron chi connectivity index (χ4n) is 2.84. The summed E-state index contributed by atoms with van der Waals surface area (Å²) in [7, 11) is 2.92. The van der Waals surface area contributed by atoms with Crippen LogP contribution < -0.4 is 15.9 Å². The number of halogens is 2. The van der Waals surface area contributed by atoms with Crippen molar-refractivity contribution in [3.05, 3.63) is 63.6 Å². The number of nitrogens with two attached hydrogens (primary N) is 1. The number of carbonyl (C=O) groups is 2. The van der Waals surface area contributed by atoms with Crippen LogP contribution >= 0.6 is 0 Å². The van der Waals surface area contributed by atoms with Gasteiger partial charge in [0.2, 0.25) is 5.43 Å². The molecule has 0 radical (unpaired) electrons. The molecule has 11 heteroatoms. The summed E-state index contributed by atoms with van der Waals surface area (Å²) in [5.41, 5.74) is 5.20. The summed E-state index contributed by atoms with van der Waals surface area (Å²) < 4.78 is 48.3. The lowest BCUT2D eigenvalue weighted by molar-refractivity contribution is -0.128. The Bertz CT molecular complexity index is 994. The summed E-state index contributed by atoms with van der Waals surface area (Å²) in [6, 6.07) is 1.81. The first-order chi connectivity index (χ1) is 16.2. The van der Waals surface area contributed by atoms with E-state index in [4.69, 9.17) is 19.9 Å². The monoisotopic (exact) mass is 484 g/mol. The lowest BCUT2D eigenvalue weighted by atomic mass is 9.98. The summed E-state index contributed by atoms with van der Waals surface area (Å²) in [5, 5.41) is 0. The van der Waals surface area contributed by atoms with E-state index in [9.17, 15) is 23.2 Å². The summed E-state index contributed by atoms with van der Waals surface area (Å²) in [6.07, 6.45) is 1.97. The van der Waals surface area contributed by atoms with Crippen LogP contribution in [0, 0.1) is 11.6 Å². The van der Waals surface area contributed by atoms with Gasteiger partial charge in [0.1, 0.15) is 11.6 Å². The van der Waals surface area contributed by atoms with E-state index in [1.807, 2.05) is 0 Å². The third-order valence-electron chi connectivity index (χ3n) is 4.52. The van der Waals surface area contributed by atoms with Gasteiger partial charge in [-0.1, -0.05) is 6.07 Å². The van der Waals surface area contributed by atoms with Crippen molar-refractivity contribution < 1.29 is 37.3 Å². The number of hydrogen-bond donors (Lipinski definition) is 1. The summed E-state index contributed by atoms with van der Waals surface area (Å²) in [4.78, 5) is 34.7. The number of ether oxygens (including phenoxy) is 4. The first-order valence-corrected chi connectivity index (χ1v) is 10.4. The minimum Gasteiger partial charge on any atom is -0.488 e. The first-order valence-electron chi connectivity index (χ1n) is 10.4. The van der Waals surface area contributed by atoms with Gasteiger partial charge in [-0.05, 0) is 31.9 Å². The summed E-state index contributed by atoms with van der Waals surface area (Å²) >= 11 is 0. The smallest absolute Gasteiger partial charge is 0.293 e. The number of methoxy groups -OCH3 is 2. The number of nitrogens with zero attached hydrogens (tertiary/aromatic N) is 1. The molecule has 1 unspecified atom stereocenters. The molecular formula is C23H30F2N2O7. The molecule has 1 atom stereocenters. The number of ketones is 1. The molecule has 188 valence electrons. The minimum atomic E-state index is -1.20. The average molecular weight is 484 g/mol. The van der Waals surface area contributed by atoms with E-state index in [0.717, 1.165) is 6.07 Å². The molecule has 0 fully saturated rings. The van der Waals surface area contributed by atoms with Crippen LogP contribution in [0.3, 0.4) is 0 Å². The molecule has 1 heterocycles. The Balaban J connectivity index is 0.00000104. The van der Waals surface area contributed by atoms with Crippen molar-refractivity contribution in [3.63, 3.8) is 0 Å². The van der Waals surface area contributed by atoms with Gasteiger partial charge in [-0.15, -0.1) is 0 Å². The van der Waals surface area contributed by atoms with E-state index < -0.39 is 35.2 Å². The van der Waals surface area contributed by atoms with Gasteiger partial charge in [0.25, 0.3) is 6.47 Å². The van der Waals surface area contributed by atoms with Gasteiger partial charge >= 0.3 is 0 Å². The number of aromatic nitrogens is 1. The van der Waals surface area contributed by atoms with Crippen molar-refractivity contribution in [2.24, 2.45) is 5.73 Å². The summed E-state index contributed by atoms with van der Waals surface area (Å²) in [5.74, 6) is -2.24. The maximum Gasteiger partial charge on any atom is 0.293 e. The van der Waals surface area contributed by atoms with E-state index in [1.54, 1.807) is 13.8 Å². The molecule has 0 spiro atoms. The van der Waals surface area contributed by atoms with E-state index in [1.165, 1.54) is 37.2 Å². The molecule has 0 aliphatic heterocycles. The lowest BCUT2D eigenvalue weighted by Crippen LogP contribution is -2.37. The molecule has 9 nitrogen and oxygen atoms in total. The third kappa shape index (κ3) is 8.65. The predicted molar refractivity (Wildman–Crippen MR) is 120 cm³/mol. The fourth-order valence-corrected chi connectivity index (χ4v) is 2.84. The lowest BCUT2D eigenvalue weighted by Gasteiger charge is -2.18. The van der Waals surface area contributed by atoms with Crippen molar-refractivity contribution in [1.29, 1.82) is 0 Å². The molecule has 2 rings (SSSR count). The normalized spacial score (nSPS) is 11.4. The zero-order valence-corrected chi connectivity index (χ0v) is 19.6. The highest BCUT2D eigenvalue weighted by Gasteiger charge is 2.23. The van der Waals surface area contributed by atoms with Crippen LogP contribution in [0.5, 0.6) is 5.75 Å². The van der Waals surface area contributed by atoms with Gasteiger partial charge in [0, 0.05) is 26.5 Å². The number of carbonyl (C=O) groups excluding carboxylic acids is 2. The Morgan fingerprint density at radius 3 is 2.32 bits per heavy atom. The molecule has 0 aliphatic carbocycles. The highest BCUT2D eigenvalue weighted by molar-refractivity contribution is 6.00. The van der Waals surface area contributed by atoms with Gasteiger partial charge in [0.15, 0.2) is 17.8 Å². The zero-order chi connectivity index (χ0) is 25.7.